The van der Waals surface area contributed by atoms with E-state index in [0.29, 0.717) is 11.3 Å². The maximum absolute atomic E-state index is 11.0. The van der Waals surface area contributed by atoms with Crippen molar-refractivity contribution >= 4 is 11.7 Å². The van der Waals surface area contributed by atoms with Crippen LogP contribution in [-0.4, -0.2) is 29.3 Å². The van der Waals surface area contributed by atoms with E-state index in [9.17, 15) is 4.79 Å². The molecule has 1 aliphatic rings. The van der Waals surface area contributed by atoms with Gasteiger partial charge < -0.3 is 15.5 Å². The van der Waals surface area contributed by atoms with Gasteiger partial charge in [-0.05, 0) is 36.8 Å². The summed E-state index contributed by atoms with van der Waals surface area (Å²) in [6.45, 7) is 0.931. The van der Waals surface area contributed by atoms with Crippen LogP contribution in [0.3, 0.4) is 0 Å². The molecule has 3 N–H and O–H groups in total. The van der Waals surface area contributed by atoms with E-state index in [0.717, 1.165) is 25.8 Å². The Hall–Kier alpha value is -1.55. The normalized spacial score (nSPS) is 16.5. The minimum atomic E-state index is -0.917. The van der Waals surface area contributed by atoms with Crippen LogP contribution in [0.5, 0.6) is 0 Å². The van der Waals surface area contributed by atoms with Crippen LogP contribution in [0.25, 0.3) is 0 Å². The van der Waals surface area contributed by atoms with Crippen molar-refractivity contribution in [1.82, 2.24) is 0 Å². The second-order valence-electron chi connectivity index (χ2n) is 4.68. The maximum atomic E-state index is 11.0. The molecule has 0 saturated heterocycles. The van der Waals surface area contributed by atoms with E-state index in [2.05, 4.69) is 5.32 Å². The summed E-state index contributed by atoms with van der Waals surface area (Å²) in [7, 11) is 0. The van der Waals surface area contributed by atoms with Gasteiger partial charge in [-0.1, -0.05) is 12.1 Å². The number of nitrogens with one attached hydrogen (secondary N) is 1. The first-order valence-electron chi connectivity index (χ1n) is 5.84. The molecular weight excluding hydrogens is 218 g/mol. The fraction of sp³-hybridized carbons (Fsp3) is 0.462. The molecule has 1 aromatic carbocycles. The molecule has 1 saturated carbocycles. The summed E-state index contributed by atoms with van der Waals surface area (Å²) < 4.78 is 0. The first-order valence-corrected chi connectivity index (χ1v) is 5.84. The van der Waals surface area contributed by atoms with Gasteiger partial charge >= 0.3 is 5.97 Å². The minimum absolute atomic E-state index is 0.181. The highest BCUT2D eigenvalue weighted by Gasteiger charge is 2.41. The lowest BCUT2D eigenvalue weighted by Crippen LogP contribution is -2.18. The Balaban J connectivity index is 2.02. The average molecular weight is 235 g/mol. The molecule has 0 radical (unpaired) electrons. The standard InChI is InChI=1S/C13H17NO3/c15-8-7-13(5-6-13)9-14-11-4-2-1-3-10(11)12(16)17/h1-4,14-15H,5-9H2,(H,16,17). The summed E-state index contributed by atoms with van der Waals surface area (Å²) in [5.74, 6) is -0.917. The molecule has 1 aromatic rings. The molecule has 17 heavy (non-hydrogen) atoms. The van der Waals surface area contributed by atoms with Crippen molar-refractivity contribution in [3.8, 4) is 0 Å². The molecule has 2 rings (SSSR count). The topological polar surface area (TPSA) is 69.6 Å². The first-order chi connectivity index (χ1) is 8.17. The van der Waals surface area contributed by atoms with Gasteiger partial charge in [0.15, 0.2) is 0 Å². The van der Waals surface area contributed by atoms with Crippen LogP contribution >= 0.6 is 0 Å². The molecule has 4 heteroatoms. The van der Waals surface area contributed by atoms with Crippen LogP contribution in [-0.2, 0) is 0 Å². The number of hydrogen-bond acceptors (Lipinski definition) is 3. The van der Waals surface area contributed by atoms with Crippen molar-refractivity contribution in [3.05, 3.63) is 29.8 Å². The molecule has 0 atom stereocenters. The van der Waals surface area contributed by atoms with E-state index in [1.165, 1.54) is 0 Å². The lowest BCUT2D eigenvalue weighted by atomic mass is 10.0. The molecule has 92 valence electrons. The van der Waals surface area contributed by atoms with Crippen LogP contribution in [0, 0.1) is 5.41 Å². The van der Waals surface area contributed by atoms with E-state index < -0.39 is 5.97 Å². The molecule has 0 heterocycles. The van der Waals surface area contributed by atoms with Crippen LogP contribution in [0.15, 0.2) is 24.3 Å². The van der Waals surface area contributed by atoms with E-state index in [-0.39, 0.29) is 12.0 Å². The predicted octanol–water partition coefficient (Wildman–Crippen LogP) is 1.96. The highest BCUT2D eigenvalue weighted by molar-refractivity contribution is 5.94. The third-order valence-corrected chi connectivity index (χ3v) is 3.41. The van der Waals surface area contributed by atoms with Gasteiger partial charge in [0, 0.05) is 18.8 Å². The summed E-state index contributed by atoms with van der Waals surface area (Å²) in [4.78, 5) is 11.0. The van der Waals surface area contributed by atoms with Gasteiger partial charge in [0.25, 0.3) is 0 Å². The van der Waals surface area contributed by atoms with Gasteiger partial charge in [-0.15, -0.1) is 0 Å². The van der Waals surface area contributed by atoms with E-state index in [1.807, 2.05) is 6.07 Å². The number of para-hydroxylation sites is 1. The molecule has 1 fully saturated rings. The Morgan fingerprint density at radius 1 is 1.35 bits per heavy atom. The number of aromatic carboxylic acids is 1. The number of carboxylic acid groups (broad SMARTS) is 1. The van der Waals surface area contributed by atoms with Crippen molar-refractivity contribution in [2.75, 3.05) is 18.5 Å². The van der Waals surface area contributed by atoms with Gasteiger partial charge in [0.05, 0.1) is 5.56 Å². The van der Waals surface area contributed by atoms with Crippen LogP contribution in [0.2, 0.25) is 0 Å². The fourth-order valence-corrected chi connectivity index (χ4v) is 2.04. The third-order valence-electron chi connectivity index (χ3n) is 3.41. The van der Waals surface area contributed by atoms with Crippen molar-refractivity contribution in [1.29, 1.82) is 0 Å². The number of hydrogen-bond donors (Lipinski definition) is 3. The largest absolute Gasteiger partial charge is 0.478 e. The van der Waals surface area contributed by atoms with E-state index in [1.54, 1.807) is 18.2 Å². The number of aliphatic hydroxyl groups excluding tert-OH is 1. The van der Waals surface area contributed by atoms with Crippen molar-refractivity contribution < 1.29 is 15.0 Å². The van der Waals surface area contributed by atoms with E-state index >= 15 is 0 Å². The maximum Gasteiger partial charge on any atom is 0.337 e. The Morgan fingerprint density at radius 2 is 2.06 bits per heavy atom. The zero-order valence-corrected chi connectivity index (χ0v) is 9.65. The molecule has 0 aliphatic heterocycles. The summed E-state index contributed by atoms with van der Waals surface area (Å²) in [5.41, 5.74) is 1.14. The van der Waals surface area contributed by atoms with Crippen LogP contribution in [0.4, 0.5) is 5.69 Å². The summed E-state index contributed by atoms with van der Waals surface area (Å²) in [5, 5.41) is 21.2. The predicted molar refractivity (Wildman–Crippen MR) is 65.3 cm³/mol. The zero-order chi connectivity index (χ0) is 12.3. The van der Waals surface area contributed by atoms with Crippen LogP contribution < -0.4 is 5.32 Å². The number of benzene rings is 1. The smallest absolute Gasteiger partial charge is 0.337 e. The van der Waals surface area contributed by atoms with Gasteiger partial charge in [0.2, 0.25) is 0 Å². The summed E-state index contributed by atoms with van der Waals surface area (Å²) >= 11 is 0. The first kappa shape index (κ1) is 11.9. The molecular formula is C13H17NO3. The van der Waals surface area contributed by atoms with Crippen LogP contribution in [0.1, 0.15) is 29.6 Å². The summed E-state index contributed by atoms with van der Waals surface area (Å²) in [6, 6.07) is 6.91. The fourth-order valence-electron chi connectivity index (χ4n) is 2.04. The molecule has 0 unspecified atom stereocenters. The molecule has 4 nitrogen and oxygen atoms in total. The van der Waals surface area contributed by atoms with Crippen molar-refractivity contribution in [2.45, 2.75) is 19.3 Å². The lowest BCUT2D eigenvalue weighted by Gasteiger charge is -2.16. The van der Waals surface area contributed by atoms with Gasteiger partial charge in [-0.25, -0.2) is 4.79 Å². The number of carboxylic acids is 1. The number of anilines is 1. The monoisotopic (exact) mass is 235 g/mol. The minimum Gasteiger partial charge on any atom is -0.478 e. The Kier molecular flexibility index (Phi) is 3.33. The highest BCUT2D eigenvalue weighted by atomic mass is 16.4. The van der Waals surface area contributed by atoms with Crippen molar-refractivity contribution in [2.24, 2.45) is 5.41 Å². The second-order valence-corrected chi connectivity index (χ2v) is 4.68. The van der Waals surface area contributed by atoms with Gasteiger partial charge in [-0.2, -0.15) is 0 Å². The van der Waals surface area contributed by atoms with Gasteiger partial charge in [-0.3, -0.25) is 0 Å². The summed E-state index contributed by atoms with van der Waals surface area (Å²) in [6.07, 6.45) is 3.00. The lowest BCUT2D eigenvalue weighted by molar-refractivity contribution is 0.0698. The molecule has 0 bridgehead atoms. The quantitative estimate of drug-likeness (QED) is 0.705. The van der Waals surface area contributed by atoms with Crippen molar-refractivity contribution in [3.63, 3.8) is 0 Å². The Morgan fingerprint density at radius 3 is 2.65 bits per heavy atom. The van der Waals surface area contributed by atoms with Gasteiger partial charge in [0.1, 0.15) is 0 Å². The SMILES string of the molecule is O=C(O)c1ccccc1NCC1(CCO)CC1. The zero-order valence-electron chi connectivity index (χ0n) is 9.65. The average Bonchev–Trinajstić information content (AvgIpc) is 3.08. The Labute approximate surface area is 100 Å². The highest BCUT2D eigenvalue weighted by Crippen LogP contribution is 2.48. The third kappa shape index (κ3) is 2.77. The number of rotatable bonds is 6. The second kappa shape index (κ2) is 4.75. The molecule has 0 amide bonds. The molecule has 0 spiro atoms. The van der Waals surface area contributed by atoms with E-state index in [4.69, 9.17) is 10.2 Å². The number of carbonyl (C=O) groups is 1. The number of aliphatic hydroxyl groups is 1. The molecule has 0 aromatic heterocycles. The Bertz CT molecular complexity index is 413. The molecule has 1 aliphatic carbocycles.